The van der Waals surface area contributed by atoms with E-state index in [9.17, 15) is 13.2 Å². The average molecular weight is 376 g/mol. The highest BCUT2D eigenvalue weighted by atomic mass is 32.2. The lowest BCUT2D eigenvalue weighted by Gasteiger charge is -2.18. The summed E-state index contributed by atoms with van der Waals surface area (Å²) < 4.78 is 31.8. The molecule has 0 fully saturated rings. The van der Waals surface area contributed by atoms with Crippen LogP contribution in [0.5, 0.6) is 5.75 Å². The van der Waals surface area contributed by atoms with Crippen LogP contribution < -0.4 is 14.8 Å². The molecule has 2 aromatic carbocycles. The fourth-order valence-electron chi connectivity index (χ4n) is 2.58. The second kappa shape index (κ2) is 8.82. The predicted octanol–water partition coefficient (Wildman–Crippen LogP) is 2.87. The van der Waals surface area contributed by atoms with E-state index < -0.39 is 10.0 Å². The van der Waals surface area contributed by atoms with Crippen LogP contribution in [0.15, 0.2) is 53.4 Å². The Kier molecular flexibility index (Phi) is 6.76. The van der Waals surface area contributed by atoms with Gasteiger partial charge >= 0.3 is 0 Å². The Morgan fingerprint density at radius 3 is 2.38 bits per heavy atom. The van der Waals surface area contributed by atoms with Crippen molar-refractivity contribution in [2.75, 3.05) is 13.7 Å². The molecule has 26 heavy (non-hydrogen) atoms. The van der Waals surface area contributed by atoms with Gasteiger partial charge in [-0.3, -0.25) is 4.79 Å². The van der Waals surface area contributed by atoms with Crippen LogP contribution in [-0.2, 0) is 10.0 Å². The first-order valence-electron chi connectivity index (χ1n) is 8.45. The molecule has 0 aliphatic heterocycles. The zero-order valence-corrected chi connectivity index (χ0v) is 16.0. The lowest BCUT2D eigenvalue weighted by Crippen LogP contribution is -2.28. The summed E-state index contributed by atoms with van der Waals surface area (Å²) in [6.07, 6.45) is 0.702. The maximum Gasteiger partial charge on any atom is 0.251 e. The lowest BCUT2D eigenvalue weighted by molar-refractivity contribution is 0.0935. The Hall–Kier alpha value is -2.38. The molecular weight excluding hydrogens is 352 g/mol. The molecule has 0 heterocycles. The number of sulfonamides is 1. The fourth-order valence-corrected chi connectivity index (χ4v) is 3.66. The summed E-state index contributed by atoms with van der Waals surface area (Å²) in [5.74, 6) is 0.428. The zero-order chi connectivity index (χ0) is 19.2. The Labute approximate surface area is 154 Å². The summed E-state index contributed by atoms with van der Waals surface area (Å²) in [5.41, 5.74) is 1.26. The van der Waals surface area contributed by atoms with E-state index in [0.29, 0.717) is 12.0 Å². The van der Waals surface area contributed by atoms with Crippen LogP contribution in [0.2, 0.25) is 0 Å². The van der Waals surface area contributed by atoms with Crippen LogP contribution in [0, 0.1) is 0 Å². The van der Waals surface area contributed by atoms with E-state index in [2.05, 4.69) is 10.0 Å². The number of hydrogen-bond acceptors (Lipinski definition) is 4. The minimum absolute atomic E-state index is 0.0736. The van der Waals surface area contributed by atoms with Crippen molar-refractivity contribution in [2.24, 2.45) is 0 Å². The number of carbonyl (C=O) groups excluding carboxylic acids is 1. The molecule has 0 bridgehead atoms. The number of ether oxygens (including phenoxy) is 1. The number of carbonyl (C=O) groups is 1. The van der Waals surface area contributed by atoms with Gasteiger partial charge in [-0.15, -0.1) is 0 Å². The molecule has 0 spiro atoms. The van der Waals surface area contributed by atoms with Crippen LogP contribution in [0.25, 0.3) is 0 Å². The average Bonchev–Trinajstić information content (AvgIpc) is 2.66. The van der Waals surface area contributed by atoms with E-state index in [1.807, 2.05) is 31.2 Å². The minimum atomic E-state index is -3.60. The van der Waals surface area contributed by atoms with E-state index in [1.165, 1.54) is 12.1 Å². The molecule has 0 saturated carbocycles. The van der Waals surface area contributed by atoms with Crippen molar-refractivity contribution in [1.29, 1.82) is 0 Å². The highest BCUT2D eigenvalue weighted by Gasteiger charge is 2.18. The third-order valence-electron chi connectivity index (χ3n) is 3.97. The molecule has 0 aromatic heterocycles. The molecule has 0 saturated heterocycles. The molecule has 0 aliphatic rings. The molecule has 7 heteroatoms. The van der Waals surface area contributed by atoms with Gasteiger partial charge in [-0.1, -0.05) is 32.0 Å². The summed E-state index contributed by atoms with van der Waals surface area (Å²) in [5, 5.41) is 2.95. The molecule has 1 amide bonds. The third kappa shape index (κ3) is 4.83. The first kappa shape index (κ1) is 19.9. The lowest BCUT2D eigenvalue weighted by atomic mass is 10.0. The van der Waals surface area contributed by atoms with Crippen molar-refractivity contribution in [2.45, 2.75) is 31.2 Å². The molecule has 2 aromatic rings. The van der Waals surface area contributed by atoms with Gasteiger partial charge in [0, 0.05) is 12.1 Å². The molecule has 0 aliphatic carbocycles. The van der Waals surface area contributed by atoms with Crippen LogP contribution in [0.1, 0.15) is 42.2 Å². The Morgan fingerprint density at radius 1 is 1.12 bits per heavy atom. The summed E-state index contributed by atoms with van der Waals surface area (Å²) in [6, 6.07) is 13.3. The number of nitrogens with one attached hydrogen (secondary N) is 2. The van der Waals surface area contributed by atoms with E-state index in [1.54, 1.807) is 26.2 Å². The first-order valence-corrected chi connectivity index (χ1v) is 9.94. The molecule has 140 valence electrons. The molecular formula is C19H24N2O4S. The van der Waals surface area contributed by atoms with E-state index in [0.717, 1.165) is 11.3 Å². The highest BCUT2D eigenvalue weighted by Crippen LogP contribution is 2.21. The fraction of sp³-hybridized carbons (Fsp3) is 0.316. The maximum absolute atomic E-state index is 12.6. The number of methoxy groups -OCH3 is 1. The van der Waals surface area contributed by atoms with E-state index >= 15 is 0 Å². The summed E-state index contributed by atoms with van der Waals surface area (Å²) in [7, 11) is -2.00. The smallest absolute Gasteiger partial charge is 0.251 e. The standard InChI is InChI=1S/C19H24N2O4S/c1-4-18(14-9-11-16(25-3)12-10-14)21-19(22)15-7-6-8-17(13-15)26(23,24)20-5-2/h6-13,18,20H,4-5H2,1-3H3,(H,21,22)/t18-/m1/s1. The largest absolute Gasteiger partial charge is 0.497 e. The van der Waals surface area contributed by atoms with E-state index in [-0.39, 0.29) is 23.4 Å². The molecule has 2 N–H and O–H groups in total. The molecule has 0 unspecified atom stereocenters. The van der Waals surface area contributed by atoms with Crippen LogP contribution in [0.4, 0.5) is 0 Å². The normalized spacial score (nSPS) is 12.4. The highest BCUT2D eigenvalue weighted by molar-refractivity contribution is 7.89. The SMILES string of the molecule is CCNS(=O)(=O)c1cccc(C(=O)N[C@H](CC)c2ccc(OC)cc2)c1. The second-order valence-electron chi connectivity index (χ2n) is 5.74. The van der Waals surface area contributed by atoms with Crippen molar-refractivity contribution in [3.63, 3.8) is 0 Å². The molecule has 2 rings (SSSR count). The van der Waals surface area contributed by atoms with Crippen molar-refractivity contribution < 1.29 is 17.9 Å². The number of benzene rings is 2. The molecule has 0 radical (unpaired) electrons. The van der Waals surface area contributed by atoms with Gasteiger partial charge in [-0.2, -0.15) is 0 Å². The minimum Gasteiger partial charge on any atom is -0.497 e. The Bertz CT molecular complexity index is 848. The Balaban J connectivity index is 2.19. The van der Waals surface area contributed by atoms with Crippen LogP contribution >= 0.6 is 0 Å². The van der Waals surface area contributed by atoms with Gasteiger partial charge in [-0.05, 0) is 42.3 Å². The molecule has 1 atom stereocenters. The van der Waals surface area contributed by atoms with Gasteiger partial charge in [0.1, 0.15) is 5.75 Å². The monoisotopic (exact) mass is 376 g/mol. The second-order valence-corrected chi connectivity index (χ2v) is 7.50. The predicted molar refractivity (Wildman–Crippen MR) is 101 cm³/mol. The number of hydrogen-bond donors (Lipinski definition) is 2. The maximum atomic E-state index is 12.6. The zero-order valence-electron chi connectivity index (χ0n) is 15.2. The van der Waals surface area contributed by atoms with Gasteiger partial charge < -0.3 is 10.1 Å². The van der Waals surface area contributed by atoms with Gasteiger partial charge in [0.15, 0.2) is 0 Å². The quantitative estimate of drug-likeness (QED) is 0.742. The van der Waals surface area contributed by atoms with Crippen LogP contribution in [-0.4, -0.2) is 28.0 Å². The van der Waals surface area contributed by atoms with Gasteiger partial charge in [-0.25, -0.2) is 13.1 Å². The summed E-state index contributed by atoms with van der Waals surface area (Å²) in [6.45, 7) is 3.96. The summed E-state index contributed by atoms with van der Waals surface area (Å²) in [4.78, 5) is 12.7. The topological polar surface area (TPSA) is 84.5 Å². The van der Waals surface area contributed by atoms with Crippen molar-refractivity contribution >= 4 is 15.9 Å². The van der Waals surface area contributed by atoms with Gasteiger partial charge in [0.05, 0.1) is 18.0 Å². The van der Waals surface area contributed by atoms with Crippen LogP contribution in [0.3, 0.4) is 0 Å². The van der Waals surface area contributed by atoms with Crippen molar-refractivity contribution in [3.05, 3.63) is 59.7 Å². The summed E-state index contributed by atoms with van der Waals surface area (Å²) >= 11 is 0. The van der Waals surface area contributed by atoms with Crippen molar-refractivity contribution in [3.8, 4) is 5.75 Å². The molecule has 6 nitrogen and oxygen atoms in total. The van der Waals surface area contributed by atoms with Gasteiger partial charge in [0.25, 0.3) is 5.91 Å². The number of amides is 1. The first-order chi connectivity index (χ1) is 12.4. The number of rotatable bonds is 8. The van der Waals surface area contributed by atoms with E-state index in [4.69, 9.17) is 4.74 Å². The van der Waals surface area contributed by atoms with Gasteiger partial charge in [0.2, 0.25) is 10.0 Å². The van der Waals surface area contributed by atoms with Crippen molar-refractivity contribution in [1.82, 2.24) is 10.0 Å². The Morgan fingerprint density at radius 2 is 1.81 bits per heavy atom. The third-order valence-corrected chi connectivity index (χ3v) is 5.52.